The molecule has 1 atom stereocenters. The van der Waals surface area contributed by atoms with Crippen LogP contribution in [0.25, 0.3) is 16.8 Å². The second-order valence-electron chi connectivity index (χ2n) is 26.0. The first-order chi connectivity index (χ1) is 44.1. The molecule has 4 aromatic carbocycles. The SMILES string of the molecule is CCCCCN1C(=CC=C2CCCC(C=CC3=[N+](CCCCS(=O)(=O)O)c4ccc(S(=O)(=O)O)cc4C3(C)C)=C2c2ccc(CCCCC(=O)CCCOCCOCCNC(=O)[C@H](C(C)C)n3cc(-c4ccc(S(N)(=O)=O)cc4)nn3)cc2)C(C)(C)c2cc(C)ccc21. The van der Waals surface area contributed by atoms with E-state index in [1.54, 1.807) is 24.4 Å². The average Bonchev–Trinajstić information content (AvgIpc) is 1.60. The molecule has 1 amide bonds. The van der Waals surface area contributed by atoms with Crippen LogP contribution in [0.5, 0.6) is 0 Å². The van der Waals surface area contributed by atoms with Gasteiger partial charge in [0, 0.05) is 79.0 Å². The highest BCUT2D eigenvalue weighted by Gasteiger charge is 2.45. The largest absolute Gasteiger partial charge is 0.379 e. The number of nitrogens with one attached hydrogen (secondary N) is 1. The third-order valence-corrected chi connectivity index (χ3v) is 20.5. The number of Topliss-reactive ketones (excluding diaryl/α,β-unsaturated/α-hetero) is 1. The number of unbranched alkanes of at least 4 members (excludes halogenated alkanes) is 4. The lowest BCUT2D eigenvalue weighted by molar-refractivity contribution is -0.438. The van der Waals surface area contributed by atoms with E-state index < -0.39 is 41.7 Å². The van der Waals surface area contributed by atoms with Crippen molar-refractivity contribution < 1.29 is 58.0 Å². The Morgan fingerprint density at radius 2 is 1.45 bits per heavy atom. The molecule has 0 saturated carbocycles. The third-order valence-electron chi connectivity index (χ3n) is 17.9. The first kappa shape index (κ1) is 72.1. The lowest BCUT2D eigenvalue weighted by Gasteiger charge is -2.28. The van der Waals surface area contributed by atoms with Crippen LogP contribution >= 0.6 is 0 Å². The van der Waals surface area contributed by atoms with Gasteiger partial charge in [0.2, 0.25) is 21.6 Å². The van der Waals surface area contributed by atoms with Crippen molar-refractivity contribution in [1.29, 1.82) is 0 Å². The molecule has 1 aromatic heterocycles. The lowest BCUT2D eigenvalue weighted by atomic mass is 9.79. The predicted octanol–water partition coefficient (Wildman–Crippen LogP) is 12.3. The molecule has 0 fully saturated rings. The summed E-state index contributed by atoms with van der Waals surface area (Å²) in [5.74, 6) is -0.517. The summed E-state index contributed by atoms with van der Waals surface area (Å²) in [4.78, 5) is 28.5. The van der Waals surface area contributed by atoms with Gasteiger partial charge in [0.05, 0.1) is 47.0 Å². The number of rotatable bonds is 34. The minimum atomic E-state index is -4.50. The molecule has 0 saturated heterocycles. The predicted molar refractivity (Wildman–Crippen MR) is 365 cm³/mol. The molecule has 1 aliphatic carbocycles. The van der Waals surface area contributed by atoms with Gasteiger partial charge >= 0.3 is 0 Å². The van der Waals surface area contributed by atoms with Gasteiger partial charge in [0.15, 0.2) is 5.71 Å². The number of carbonyl (C=O) groups excluding carboxylic acids is 2. The number of anilines is 1. The molecule has 502 valence electrons. The zero-order chi connectivity index (χ0) is 67.3. The molecule has 19 nitrogen and oxygen atoms in total. The second kappa shape index (κ2) is 31.7. The Kier molecular flexibility index (Phi) is 24.5. The molecule has 3 aliphatic rings. The Bertz CT molecular complexity index is 4000. The monoisotopic (exact) mass is 1330 g/mol. The number of nitrogens with two attached hydrogens (primary N) is 1. The van der Waals surface area contributed by atoms with E-state index in [1.807, 2.05) is 27.7 Å². The normalized spacial score (nSPS) is 16.9. The van der Waals surface area contributed by atoms with Crippen molar-refractivity contribution in [3.63, 3.8) is 0 Å². The molecule has 2 aliphatic heterocycles. The Labute approximate surface area is 550 Å². The zero-order valence-electron chi connectivity index (χ0n) is 55.2. The maximum atomic E-state index is 13.2. The van der Waals surface area contributed by atoms with Crippen LogP contribution in [0.4, 0.5) is 11.4 Å². The van der Waals surface area contributed by atoms with Crippen molar-refractivity contribution >= 4 is 64.6 Å². The van der Waals surface area contributed by atoms with E-state index in [0.29, 0.717) is 63.3 Å². The van der Waals surface area contributed by atoms with E-state index in [0.717, 1.165) is 98.0 Å². The number of benzene rings is 4. The van der Waals surface area contributed by atoms with E-state index in [4.69, 9.17) is 14.6 Å². The van der Waals surface area contributed by atoms with Gasteiger partial charge in [-0.2, -0.15) is 21.4 Å². The number of ketones is 1. The number of aromatic nitrogens is 3. The molecule has 3 heterocycles. The van der Waals surface area contributed by atoms with Gasteiger partial charge in [0.25, 0.3) is 20.2 Å². The van der Waals surface area contributed by atoms with E-state index in [1.165, 1.54) is 62.6 Å². The number of allylic oxidation sites excluding steroid dienone is 8. The van der Waals surface area contributed by atoms with Crippen LogP contribution in [-0.4, -0.2) is 123 Å². The topological polar surface area (TPSA) is 270 Å². The summed E-state index contributed by atoms with van der Waals surface area (Å²) in [6.45, 7) is 19.9. The van der Waals surface area contributed by atoms with Crippen LogP contribution in [0.1, 0.15) is 166 Å². The fourth-order valence-corrected chi connectivity index (χ4v) is 14.5. The number of primary sulfonamides is 1. The third kappa shape index (κ3) is 18.8. The maximum Gasteiger partial charge on any atom is 0.294 e. The van der Waals surface area contributed by atoms with Crippen LogP contribution in [0.3, 0.4) is 0 Å². The molecule has 8 rings (SSSR count). The molecule has 0 unspecified atom stereocenters. The van der Waals surface area contributed by atoms with Crippen LogP contribution < -0.4 is 15.4 Å². The van der Waals surface area contributed by atoms with E-state index in [2.05, 4.69) is 120 Å². The molecule has 22 heteroatoms. The first-order valence-corrected chi connectivity index (χ1v) is 37.2. The molecular formula is C71H94N7O12S3+. The van der Waals surface area contributed by atoms with Gasteiger partial charge in [0.1, 0.15) is 24.1 Å². The number of aryl methyl sites for hydroxylation is 2. The molecular weight excluding hydrogens is 1240 g/mol. The molecule has 5 N–H and O–H groups in total. The zero-order valence-corrected chi connectivity index (χ0v) is 57.6. The minimum absolute atomic E-state index is 0.0163. The lowest BCUT2D eigenvalue weighted by Crippen LogP contribution is -2.37. The highest BCUT2D eigenvalue weighted by molar-refractivity contribution is 7.89. The number of amides is 1. The number of hydrogen-bond acceptors (Lipinski definition) is 13. The van der Waals surface area contributed by atoms with Gasteiger partial charge in [-0.1, -0.05) is 119 Å². The van der Waals surface area contributed by atoms with Gasteiger partial charge in [-0.05, 0) is 154 Å². The van der Waals surface area contributed by atoms with E-state index in [9.17, 15) is 43.9 Å². The Balaban J connectivity index is 0.880. The quantitative estimate of drug-likeness (QED) is 0.0169. The first-order valence-electron chi connectivity index (χ1n) is 32.6. The molecule has 93 heavy (non-hydrogen) atoms. The van der Waals surface area contributed by atoms with Crippen molar-refractivity contribution in [3.05, 3.63) is 160 Å². The number of ether oxygens (including phenoxy) is 2. The smallest absolute Gasteiger partial charge is 0.294 e. The maximum absolute atomic E-state index is 13.2. The summed E-state index contributed by atoms with van der Waals surface area (Å²) in [5.41, 5.74) is 13.4. The fraction of sp³-hybridized carbons (Fsp3) is 0.479. The number of carbonyl (C=O) groups is 2. The summed E-state index contributed by atoms with van der Waals surface area (Å²) in [6.07, 6.45) is 21.3. The van der Waals surface area contributed by atoms with Crippen LogP contribution in [0.2, 0.25) is 0 Å². The van der Waals surface area contributed by atoms with Crippen molar-refractivity contribution in [2.24, 2.45) is 11.1 Å². The number of sulfonamides is 1. The minimum Gasteiger partial charge on any atom is -0.379 e. The summed E-state index contributed by atoms with van der Waals surface area (Å²) in [7, 11) is -12.5. The van der Waals surface area contributed by atoms with Gasteiger partial charge < -0.3 is 19.7 Å². The number of fused-ring (bicyclic) bond motifs is 2. The summed E-state index contributed by atoms with van der Waals surface area (Å²) in [6, 6.07) is 25.5. The molecule has 0 bridgehead atoms. The highest BCUT2D eigenvalue weighted by Crippen LogP contribution is 2.49. The molecule has 0 spiro atoms. The van der Waals surface area contributed by atoms with E-state index >= 15 is 0 Å². The Morgan fingerprint density at radius 3 is 2.14 bits per heavy atom. The van der Waals surface area contributed by atoms with Crippen molar-refractivity contribution in [2.75, 3.05) is 56.7 Å². The van der Waals surface area contributed by atoms with Crippen LogP contribution in [0, 0.1) is 12.8 Å². The standard InChI is InChI=1S/C71H93N7O12S3/c1-9-10-13-40-76-63-35-23-51(4)47-60(63)70(5,6)65(76)37-30-54-19-16-20-55(31-38-66-71(7,8)61-48-59(93(86,87)88)34-36-64(61)77(66)41-14-15-46-91(81,82)83)67(54)56-26-24-52(25-27-56)18-11-12-21-57(79)22-17-42-89-44-45-90-43-39-73-69(80)68(50(2)3)78-49-62(74-75-78)53-28-32-58(33-29-53)92(72,84)85/h23-38,47-50,68H,9-22,39-46H2,1-8H3,(H4-,72,73,80,81,82,83,84,85,86,87,88)/p+1/t68-/m0/s1. The summed E-state index contributed by atoms with van der Waals surface area (Å²) < 4.78 is 106. The Hall–Kier alpha value is -6.76. The summed E-state index contributed by atoms with van der Waals surface area (Å²) in [5, 5.41) is 16.5. The van der Waals surface area contributed by atoms with E-state index in [-0.39, 0.29) is 58.1 Å². The van der Waals surface area contributed by atoms with Crippen molar-refractivity contribution in [2.45, 2.75) is 172 Å². The van der Waals surface area contributed by atoms with Gasteiger partial charge in [-0.15, -0.1) is 5.10 Å². The highest BCUT2D eigenvalue weighted by atomic mass is 32.2. The fourth-order valence-electron chi connectivity index (χ4n) is 12.9. The van der Waals surface area contributed by atoms with Crippen LogP contribution in [-0.2, 0) is 66.6 Å². The second-order valence-corrected chi connectivity index (χ2v) is 30.6. The van der Waals surface area contributed by atoms with Gasteiger partial charge in [-0.25, -0.2) is 18.2 Å². The van der Waals surface area contributed by atoms with Gasteiger partial charge in [-0.3, -0.25) is 18.7 Å². The van der Waals surface area contributed by atoms with Crippen molar-refractivity contribution in [1.82, 2.24) is 20.3 Å². The molecule has 5 aromatic rings. The van der Waals surface area contributed by atoms with Crippen LogP contribution in [0.15, 0.2) is 142 Å². The van der Waals surface area contributed by atoms with Crippen molar-refractivity contribution in [3.8, 4) is 11.3 Å². The number of hydrogen-bond donors (Lipinski definition) is 4. The Morgan fingerprint density at radius 1 is 0.753 bits per heavy atom. The summed E-state index contributed by atoms with van der Waals surface area (Å²) >= 11 is 0. The average molecular weight is 1330 g/mol. The number of nitrogens with zero attached hydrogens (tertiary/aromatic N) is 5. The molecule has 0 radical (unpaired) electrons.